The minimum Gasteiger partial charge on any atom is -0.495 e. The molecule has 6 nitrogen and oxygen atoms in total. The summed E-state index contributed by atoms with van der Waals surface area (Å²) < 4.78 is 17.9. The van der Waals surface area contributed by atoms with Gasteiger partial charge in [0.25, 0.3) is 0 Å². The monoisotopic (exact) mass is 518 g/mol. The zero-order valence-corrected chi connectivity index (χ0v) is 21.2. The molecular weight excluding hydrogens is 496 g/mol. The third-order valence-corrected chi connectivity index (χ3v) is 7.89. The van der Waals surface area contributed by atoms with Gasteiger partial charge >= 0.3 is 0 Å². The Kier molecular flexibility index (Phi) is 5.37. The fraction of sp³-hybridized carbons (Fsp3) is 0.0968. The van der Waals surface area contributed by atoms with Crippen LogP contribution in [0.1, 0.15) is 28.2 Å². The number of hydrogen-bond acceptors (Lipinski definition) is 7. The third kappa shape index (κ3) is 3.55. The van der Waals surface area contributed by atoms with Gasteiger partial charge in [-0.1, -0.05) is 54.6 Å². The van der Waals surface area contributed by atoms with Crippen LogP contribution in [0, 0.1) is 0 Å². The largest absolute Gasteiger partial charge is 0.495 e. The van der Waals surface area contributed by atoms with E-state index in [0.717, 1.165) is 27.2 Å². The van der Waals surface area contributed by atoms with Gasteiger partial charge in [-0.3, -0.25) is 9.80 Å². The number of nitrogens with zero attached hydrogens (tertiary/aromatic N) is 2. The molecule has 0 amide bonds. The van der Waals surface area contributed by atoms with E-state index in [0.29, 0.717) is 28.1 Å². The van der Waals surface area contributed by atoms with Crippen LogP contribution in [0.5, 0.6) is 5.75 Å². The van der Waals surface area contributed by atoms with Gasteiger partial charge in [-0.15, -0.1) is 11.3 Å². The normalized spacial score (nSPS) is 17.3. The van der Waals surface area contributed by atoms with Gasteiger partial charge in [-0.25, -0.2) is 0 Å². The molecule has 0 bridgehead atoms. The fourth-order valence-electron chi connectivity index (χ4n) is 5.31. The number of ether oxygens (including phenoxy) is 1. The van der Waals surface area contributed by atoms with Gasteiger partial charge in [0.15, 0.2) is 5.43 Å². The molecule has 1 aliphatic heterocycles. The molecule has 0 fully saturated rings. The highest BCUT2D eigenvalue weighted by atomic mass is 32.1. The van der Waals surface area contributed by atoms with Crippen LogP contribution < -0.4 is 15.2 Å². The summed E-state index contributed by atoms with van der Waals surface area (Å²) in [4.78, 5) is 14.8. The molecule has 0 radical (unpaired) electrons. The molecule has 4 heterocycles. The third-order valence-electron chi connectivity index (χ3n) is 6.95. The number of hydrogen-bond donors (Lipinski definition) is 0. The van der Waals surface area contributed by atoms with E-state index in [2.05, 4.69) is 11.4 Å². The summed E-state index contributed by atoms with van der Waals surface area (Å²) in [6.07, 6.45) is 1.58. The molecule has 7 heteroatoms. The Morgan fingerprint density at radius 3 is 2.45 bits per heavy atom. The van der Waals surface area contributed by atoms with Gasteiger partial charge in [0.2, 0.25) is 0 Å². The second-order valence-corrected chi connectivity index (χ2v) is 10.1. The maximum Gasteiger partial charge on any atom is 0.196 e. The lowest BCUT2D eigenvalue weighted by atomic mass is 9.87. The maximum atomic E-state index is 13.7. The predicted molar refractivity (Wildman–Crippen MR) is 151 cm³/mol. The predicted octanol–water partition coefficient (Wildman–Crippen LogP) is 7.36. The summed E-state index contributed by atoms with van der Waals surface area (Å²) in [5.74, 6) is 0.650. The van der Waals surface area contributed by atoms with E-state index in [-0.39, 0.29) is 17.4 Å². The van der Waals surface area contributed by atoms with Crippen molar-refractivity contribution in [3.8, 4) is 5.75 Å². The Morgan fingerprint density at radius 1 is 0.921 bits per heavy atom. The van der Waals surface area contributed by atoms with Gasteiger partial charge in [0, 0.05) is 17.0 Å². The van der Waals surface area contributed by atoms with Crippen LogP contribution in [-0.4, -0.2) is 12.8 Å². The first-order chi connectivity index (χ1) is 18.7. The fourth-order valence-corrected chi connectivity index (χ4v) is 6.15. The lowest BCUT2D eigenvalue weighted by molar-refractivity contribution is 0.422. The summed E-state index contributed by atoms with van der Waals surface area (Å²) in [5, 5.41) is 10.4. The lowest BCUT2D eigenvalue weighted by Crippen LogP contribution is -2.24. The molecule has 2 atom stereocenters. The van der Waals surface area contributed by atoms with Crippen molar-refractivity contribution in [2.45, 2.75) is 12.0 Å². The summed E-state index contributed by atoms with van der Waals surface area (Å²) in [6.45, 7) is 0. The Hall–Kier alpha value is -4.62. The number of anilines is 1. The van der Waals surface area contributed by atoms with Crippen molar-refractivity contribution in [1.82, 2.24) is 0 Å². The van der Waals surface area contributed by atoms with Crippen molar-refractivity contribution < 1.29 is 13.6 Å². The Labute approximate surface area is 222 Å². The van der Waals surface area contributed by atoms with E-state index in [1.165, 1.54) is 0 Å². The zero-order valence-electron chi connectivity index (χ0n) is 20.4. The van der Waals surface area contributed by atoms with Crippen LogP contribution in [0.3, 0.4) is 0 Å². The second kappa shape index (κ2) is 9.04. The number of para-hydroxylation sites is 1. The zero-order chi connectivity index (χ0) is 25.6. The summed E-state index contributed by atoms with van der Waals surface area (Å²) in [7, 11) is 1.55. The molecule has 0 spiro atoms. The Bertz CT molecular complexity index is 1840. The molecule has 0 aliphatic carbocycles. The van der Waals surface area contributed by atoms with Crippen molar-refractivity contribution >= 4 is 44.7 Å². The molecule has 0 saturated heterocycles. The lowest BCUT2D eigenvalue weighted by Gasteiger charge is -2.27. The molecular formula is C31H22N2O4S. The molecule has 0 saturated carbocycles. The number of furan rings is 1. The molecule has 7 rings (SSSR count). The summed E-state index contributed by atoms with van der Waals surface area (Å²) in [6, 6.07) is 29.2. The first kappa shape index (κ1) is 22.6. The van der Waals surface area contributed by atoms with Crippen LogP contribution in [0.4, 0.5) is 5.69 Å². The second-order valence-electron chi connectivity index (χ2n) is 9.10. The van der Waals surface area contributed by atoms with Crippen molar-refractivity contribution in [1.29, 1.82) is 0 Å². The molecule has 3 aromatic carbocycles. The topological polar surface area (TPSA) is 68.2 Å². The van der Waals surface area contributed by atoms with E-state index in [1.54, 1.807) is 42.9 Å². The highest BCUT2D eigenvalue weighted by molar-refractivity contribution is 7.10. The standard InChI is InChI=1S/C31H22N2O4S/c1-35-31-21-14-15-36-23(21)18-25-27(31)22(34)17-24(37-25)28-29(19-9-4-2-5-10-19)32-33(20-11-6-3-7-12-20)30(28)26-13-8-16-38-26/h2-18,28,30H,1H3. The first-order valence-electron chi connectivity index (χ1n) is 12.3. The van der Waals surface area contributed by atoms with Crippen molar-refractivity contribution in [2.75, 3.05) is 12.1 Å². The Balaban J connectivity index is 1.49. The number of benzene rings is 3. The molecule has 186 valence electrons. The van der Waals surface area contributed by atoms with Crippen molar-refractivity contribution in [3.63, 3.8) is 0 Å². The van der Waals surface area contributed by atoms with Gasteiger partial charge in [-0.05, 0) is 35.2 Å². The summed E-state index contributed by atoms with van der Waals surface area (Å²) >= 11 is 1.66. The molecule has 1 aliphatic rings. The number of rotatable bonds is 5. The van der Waals surface area contributed by atoms with Crippen molar-refractivity contribution in [2.24, 2.45) is 5.10 Å². The van der Waals surface area contributed by atoms with E-state index < -0.39 is 0 Å². The first-order valence-corrected chi connectivity index (χ1v) is 13.1. The highest BCUT2D eigenvalue weighted by Crippen LogP contribution is 2.47. The molecule has 38 heavy (non-hydrogen) atoms. The van der Waals surface area contributed by atoms with E-state index in [1.807, 2.05) is 71.7 Å². The quantitative estimate of drug-likeness (QED) is 0.239. The SMILES string of the molecule is COc1c2ccoc2cc2oc(C3C(c4ccccc4)=NN(c4ccccc4)C3c3cccs3)cc(=O)c12. The van der Waals surface area contributed by atoms with Crippen molar-refractivity contribution in [3.05, 3.63) is 129 Å². The molecule has 3 aromatic heterocycles. The van der Waals surface area contributed by atoms with E-state index in [9.17, 15) is 4.79 Å². The average molecular weight is 519 g/mol. The van der Waals surface area contributed by atoms with E-state index in [4.69, 9.17) is 18.7 Å². The van der Waals surface area contributed by atoms with Gasteiger partial charge in [0.05, 0.1) is 36.1 Å². The van der Waals surface area contributed by atoms with Gasteiger partial charge in [0.1, 0.15) is 34.1 Å². The van der Waals surface area contributed by atoms with Crippen LogP contribution in [0.15, 0.2) is 121 Å². The van der Waals surface area contributed by atoms with Crippen LogP contribution in [0.2, 0.25) is 0 Å². The minimum absolute atomic E-state index is 0.170. The highest BCUT2D eigenvalue weighted by Gasteiger charge is 2.43. The Morgan fingerprint density at radius 2 is 1.71 bits per heavy atom. The number of hydrazone groups is 1. The number of fused-ring (bicyclic) bond motifs is 2. The van der Waals surface area contributed by atoms with Crippen LogP contribution in [-0.2, 0) is 0 Å². The molecule has 0 N–H and O–H groups in total. The number of methoxy groups -OCH3 is 1. The van der Waals surface area contributed by atoms with E-state index >= 15 is 0 Å². The van der Waals surface area contributed by atoms with Gasteiger partial charge < -0.3 is 13.6 Å². The molecule has 2 unspecified atom stereocenters. The maximum absolute atomic E-state index is 13.7. The number of thiophene rings is 1. The summed E-state index contributed by atoms with van der Waals surface area (Å²) in [5.41, 5.74) is 3.61. The average Bonchev–Trinajstić information content (AvgIpc) is 3.72. The van der Waals surface area contributed by atoms with Crippen LogP contribution >= 0.6 is 11.3 Å². The van der Waals surface area contributed by atoms with Crippen LogP contribution in [0.25, 0.3) is 21.9 Å². The molecule has 6 aromatic rings. The minimum atomic E-state index is -0.341. The van der Waals surface area contributed by atoms with Gasteiger partial charge in [-0.2, -0.15) is 5.10 Å². The smallest absolute Gasteiger partial charge is 0.196 e.